The molecule has 3 heterocycles. The number of benzene rings is 5. The number of carbonyl (C=O) groups is 2. The van der Waals surface area contributed by atoms with Gasteiger partial charge in [0.1, 0.15) is 68.7 Å². The van der Waals surface area contributed by atoms with E-state index in [-0.39, 0.29) is 47.4 Å². The van der Waals surface area contributed by atoms with Crippen LogP contribution in [0.5, 0.6) is 40.4 Å². The minimum Gasteiger partial charge on any atom is -0.486 e. The van der Waals surface area contributed by atoms with Gasteiger partial charge in [0.15, 0.2) is 0 Å². The monoisotopic (exact) mass is 908 g/mol. The van der Waals surface area contributed by atoms with Crippen LogP contribution in [0.15, 0.2) is 121 Å². The van der Waals surface area contributed by atoms with Gasteiger partial charge in [-0.25, -0.2) is 13.4 Å². The van der Waals surface area contributed by atoms with Crippen LogP contribution in [-0.4, -0.2) is 32.3 Å². The van der Waals surface area contributed by atoms with Crippen molar-refractivity contribution in [3.05, 3.63) is 166 Å². The summed E-state index contributed by atoms with van der Waals surface area (Å²) in [5, 5.41) is 8.48. The average molecular weight is 909 g/mol. The van der Waals surface area contributed by atoms with Crippen molar-refractivity contribution < 1.29 is 41.7 Å². The first-order chi connectivity index (χ1) is 31.6. The Morgan fingerprint density at radius 3 is 1.63 bits per heavy atom. The van der Waals surface area contributed by atoms with Gasteiger partial charge in [-0.15, -0.1) is 0 Å². The number of hydrogen-bond donors (Lipinski definition) is 2. The summed E-state index contributed by atoms with van der Waals surface area (Å²) in [6.07, 6.45) is 3.69. The topological polar surface area (TPSA) is 175 Å². The van der Waals surface area contributed by atoms with E-state index in [1.54, 1.807) is 31.4 Å². The third-order valence-corrected chi connectivity index (χ3v) is 14.5. The molecule has 2 N–H and O–H groups in total. The molecule has 330 valence electrons. The lowest BCUT2D eigenvalue weighted by Gasteiger charge is -2.17. The molecule has 65 heavy (non-hydrogen) atoms. The van der Waals surface area contributed by atoms with Gasteiger partial charge in [-0.3, -0.25) is 19.0 Å². The molecule has 15 heteroatoms. The molecule has 2 saturated heterocycles. The summed E-state index contributed by atoms with van der Waals surface area (Å²) in [4.78, 5) is 27.3. The quantitative estimate of drug-likeness (QED) is 0.127. The third-order valence-electron chi connectivity index (χ3n) is 11.7. The number of rotatable bonds is 11. The molecule has 10 rings (SSSR count). The number of aromatic nitrogens is 1. The van der Waals surface area contributed by atoms with Crippen molar-refractivity contribution in [3.63, 3.8) is 0 Å². The van der Waals surface area contributed by atoms with Crippen LogP contribution < -0.4 is 33.1 Å². The molecular weight excluding hydrogens is 865 g/mol. The van der Waals surface area contributed by atoms with Crippen molar-refractivity contribution in [2.24, 2.45) is 0 Å². The molecule has 13 nitrogen and oxygen atoms in total. The van der Waals surface area contributed by atoms with Crippen molar-refractivity contribution in [3.8, 4) is 46.4 Å². The number of nitrogens with zero attached hydrogens (tertiary/aromatic N) is 2. The Labute approximate surface area is 381 Å². The number of carbonyl (C=O) groups excluding carboxylic acids is 2. The van der Waals surface area contributed by atoms with E-state index in [1.165, 1.54) is 0 Å². The fourth-order valence-electron chi connectivity index (χ4n) is 8.49. The summed E-state index contributed by atoms with van der Waals surface area (Å²) < 4.78 is 58.9. The Bertz CT molecular complexity index is 2870. The Morgan fingerprint density at radius 1 is 0.631 bits per heavy atom. The second-order valence-corrected chi connectivity index (χ2v) is 18.6. The molecule has 4 aliphatic rings. The van der Waals surface area contributed by atoms with Crippen LogP contribution in [0.4, 0.5) is 0 Å². The largest absolute Gasteiger partial charge is 0.486 e. The summed E-state index contributed by atoms with van der Waals surface area (Å²) in [5.41, 5.74) is 7.50. The summed E-state index contributed by atoms with van der Waals surface area (Å²) in [5.74, 6) is 4.57. The molecule has 6 aromatic rings. The maximum Gasteiger partial charge on any atom is 0.233 e. The van der Waals surface area contributed by atoms with E-state index < -0.39 is 22.0 Å². The van der Waals surface area contributed by atoms with E-state index in [1.807, 2.05) is 91.9 Å². The van der Waals surface area contributed by atoms with E-state index in [0.717, 1.165) is 87.8 Å². The highest BCUT2D eigenvalue weighted by Crippen LogP contribution is 2.43. The van der Waals surface area contributed by atoms with Crippen LogP contribution in [0.2, 0.25) is 0 Å². The van der Waals surface area contributed by atoms with E-state index in [0.29, 0.717) is 22.9 Å². The molecular formula is C50H44N4O9S2. The van der Waals surface area contributed by atoms with Gasteiger partial charge in [-0.05, 0) is 116 Å². The first-order valence-corrected chi connectivity index (χ1v) is 23.6. The van der Waals surface area contributed by atoms with E-state index in [2.05, 4.69) is 32.6 Å². The summed E-state index contributed by atoms with van der Waals surface area (Å²) in [6.45, 7) is 1.89. The van der Waals surface area contributed by atoms with Gasteiger partial charge in [0.2, 0.25) is 17.7 Å². The van der Waals surface area contributed by atoms with Gasteiger partial charge in [-0.1, -0.05) is 54.6 Å². The number of nitriles is 1. The van der Waals surface area contributed by atoms with Crippen molar-refractivity contribution in [1.82, 2.24) is 14.4 Å². The molecule has 6 atom stereocenters. The molecule has 2 aliphatic heterocycles. The molecule has 1 aromatic heterocycles. The molecule has 5 aromatic carbocycles. The number of fused-ring (bicyclic) bond motifs is 2. The minimum atomic E-state index is -1.38. The zero-order valence-electron chi connectivity index (χ0n) is 35.5. The maximum atomic E-state index is 12.0. The number of amides is 2. The van der Waals surface area contributed by atoms with E-state index >= 15 is 0 Å². The van der Waals surface area contributed by atoms with Crippen LogP contribution in [0.1, 0.15) is 93.0 Å². The zero-order valence-corrected chi connectivity index (χ0v) is 37.1. The molecule has 4 unspecified atom stereocenters. The van der Waals surface area contributed by atoms with Crippen molar-refractivity contribution in [1.29, 1.82) is 5.26 Å². The van der Waals surface area contributed by atoms with Gasteiger partial charge in [0.25, 0.3) is 0 Å². The molecule has 2 amide bonds. The maximum absolute atomic E-state index is 12.0. The van der Waals surface area contributed by atoms with Crippen LogP contribution in [-0.2, 0) is 44.4 Å². The fourth-order valence-corrected chi connectivity index (χ4v) is 10.8. The molecule has 0 bridgehead atoms. The Kier molecular flexibility index (Phi) is 12.6. The van der Waals surface area contributed by atoms with Gasteiger partial charge in [0.05, 0.1) is 34.9 Å². The lowest BCUT2D eigenvalue weighted by Crippen LogP contribution is -2.15. The number of methoxy groups -OCH3 is 1. The van der Waals surface area contributed by atoms with E-state index in [4.69, 9.17) is 28.9 Å². The lowest BCUT2D eigenvalue weighted by atomic mass is 10.1. The number of nitrogens with one attached hydrogen (secondary N) is 2. The summed E-state index contributed by atoms with van der Waals surface area (Å²) in [6, 6.07) is 39.8. The number of pyridine rings is 1. The fraction of sp³-hybridized carbons (Fsp3) is 0.240. The van der Waals surface area contributed by atoms with Crippen LogP contribution >= 0.6 is 0 Å². The van der Waals surface area contributed by atoms with Crippen LogP contribution in [0.3, 0.4) is 0 Å². The standard InChI is InChI=1S/C25H24N2O5S.C25H20N2O4S/c1-15-20(12-13-25(26-15)30-2)32-21-5-3-4-18-19(21)10-11-22(18)31-17-8-6-16(7-9-17)23-14-24(28)27-33(23)29;26-15-16-3-1-4-19(13-16)31-22-6-2-5-20-21(22)11-12-23(20)30-18-9-7-17(8-10-18)24-14-25(28)27-32(24)29/h3-9,12-13,22-23H,10-11,14H2,1-2H3,(H,27,28);1-10,13,23-24H,11-12,14H2,(H,27,28)/t22-,23?,33?;23-,24?,32?/m11/s1. The lowest BCUT2D eigenvalue weighted by molar-refractivity contribution is -0.119. The van der Waals surface area contributed by atoms with Crippen molar-refractivity contribution >= 4 is 33.8 Å². The first kappa shape index (κ1) is 43.2. The highest BCUT2D eigenvalue weighted by atomic mass is 32.2. The van der Waals surface area contributed by atoms with Gasteiger partial charge in [-0.2, -0.15) is 5.26 Å². The first-order valence-electron chi connectivity index (χ1n) is 21.2. The van der Waals surface area contributed by atoms with E-state index in [9.17, 15) is 18.0 Å². The van der Waals surface area contributed by atoms with Crippen LogP contribution in [0.25, 0.3) is 0 Å². The van der Waals surface area contributed by atoms with Crippen molar-refractivity contribution in [2.75, 3.05) is 7.11 Å². The molecule has 0 radical (unpaired) electrons. The Balaban J connectivity index is 0.000000164. The molecule has 2 aliphatic carbocycles. The molecule has 0 spiro atoms. The second-order valence-electron chi connectivity index (χ2n) is 15.9. The highest BCUT2D eigenvalue weighted by molar-refractivity contribution is 7.84. The van der Waals surface area contributed by atoms with Crippen molar-refractivity contribution in [2.45, 2.75) is 68.2 Å². The van der Waals surface area contributed by atoms with Gasteiger partial charge in [0, 0.05) is 30.0 Å². The SMILES string of the molecule is COc1ccc(Oc2cccc3c2CC[C@H]3Oc2ccc(C3CC(=O)NS3=O)cc2)c(C)n1.N#Cc1cccc(Oc2cccc3c2CC[C@H]3Oc2ccc(C3CC(=O)NS3=O)cc2)c1. The van der Waals surface area contributed by atoms with Gasteiger partial charge >= 0.3 is 0 Å². The van der Waals surface area contributed by atoms with Crippen LogP contribution in [0, 0.1) is 18.3 Å². The summed E-state index contributed by atoms with van der Waals surface area (Å²) >= 11 is 0. The Hall–Kier alpha value is -7.02. The third kappa shape index (κ3) is 9.60. The average Bonchev–Trinajstić information content (AvgIpc) is 4.10. The molecule has 0 saturated carbocycles. The second kappa shape index (κ2) is 19.0. The number of aryl methyl sites for hydroxylation is 1. The van der Waals surface area contributed by atoms with Gasteiger partial charge < -0.3 is 23.7 Å². The minimum absolute atomic E-state index is 0.0756. The molecule has 2 fully saturated rings. The zero-order chi connectivity index (χ0) is 45.0. The smallest absolute Gasteiger partial charge is 0.233 e. The number of ether oxygens (including phenoxy) is 5. The predicted octanol–water partition coefficient (Wildman–Crippen LogP) is 9.12. The normalized spacial score (nSPS) is 21.4. The highest BCUT2D eigenvalue weighted by Gasteiger charge is 2.33. The summed E-state index contributed by atoms with van der Waals surface area (Å²) in [7, 11) is -1.16. The Morgan fingerprint density at radius 2 is 1.15 bits per heavy atom. The predicted molar refractivity (Wildman–Crippen MR) is 243 cm³/mol. The number of hydrogen-bond acceptors (Lipinski definition) is 11.